The number of hydrogen-bond acceptors (Lipinski definition) is 3. The van der Waals surface area contributed by atoms with Crippen molar-refractivity contribution < 1.29 is 9.53 Å². The first kappa shape index (κ1) is 22.7. The molecule has 32 heavy (non-hydrogen) atoms. The van der Waals surface area contributed by atoms with E-state index >= 15 is 0 Å². The highest BCUT2D eigenvalue weighted by molar-refractivity contribution is 6.31. The van der Waals surface area contributed by atoms with Crippen molar-refractivity contribution in [2.24, 2.45) is 0 Å². The third-order valence-corrected chi connectivity index (χ3v) is 6.25. The van der Waals surface area contributed by atoms with Crippen molar-refractivity contribution in [3.05, 3.63) is 99.0 Å². The van der Waals surface area contributed by atoms with Gasteiger partial charge in [-0.25, -0.2) is 5.01 Å². The van der Waals surface area contributed by atoms with Gasteiger partial charge in [0, 0.05) is 34.3 Å². The standard InChI is InChI=1S/C26H26Cl2N2O2/c1-18-17-20(26(31)29-30-15-5-2-6-16-30)11-14-24(18)32-25(19-9-12-21(27)13-10-19)22-7-3-4-8-23(22)28/h3-4,7-14,17,25H,2,5-6,15-16H2,1H3,(H,29,31). The Morgan fingerprint density at radius 2 is 1.69 bits per heavy atom. The number of nitrogens with one attached hydrogen (secondary N) is 1. The number of hydrazine groups is 1. The molecule has 1 aliphatic heterocycles. The molecule has 0 radical (unpaired) electrons. The number of halogens is 2. The Bertz CT molecular complexity index is 1080. The Balaban J connectivity index is 1.57. The van der Waals surface area contributed by atoms with Crippen molar-refractivity contribution >= 4 is 29.1 Å². The number of rotatable bonds is 6. The molecule has 1 aliphatic rings. The molecule has 0 bridgehead atoms. The molecule has 4 rings (SSSR count). The molecule has 1 atom stereocenters. The minimum Gasteiger partial charge on any atom is -0.481 e. The maximum atomic E-state index is 12.7. The number of piperidine rings is 1. The van der Waals surface area contributed by atoms with Gasteiger partial charge in [0.15, 0.2) is 6.10 Å². The van der Waals surface area contributed by atoms with Crippen molar-refractivity contribution in [1.82, 2.24) is 10.4 Å². The van der Waals surface area contributed by atoms with Crippen molar-refractivity contribution in [1.29, 1.82) is 0 Å². The van der Waals surface area contributed by atoms with Crippen molar-refractivity contribution in [3.8, 4) is 5.75 Å². The number of hydrogen-bond donors (Lipinski definition) is 1. The summed E-state index contributed by atoms with van der Waals surface area (Å²) in [5, 5.41) is 3.29. The van der Waals surface area contributed by atoms with Gasteiger partial charge >= 0.3 is 0 Å². The minimum absolute atomic E-state index is 0.0955. The summed E-state index contributed by atoms with van der Waals surface area (Å²) in [6.07, 6.45) is 3.03. The van der Waals surface area contributed by atoms with Gasteiger partial charge < -0.3 is 4.74 Å². The molecule has 0 aromatic heterocycles. The summed E-state index contributed by atoms with van der Waals surface area (Å²) in [5.41, 5.74) is 6.30. The van der Waals surface area contributed by atoms with Crippen LogP contribution in [-0.4, -0.2) is 24.0 Å². The van der Waals surface area contributed by atoms with Crippen LogP contribution in [0.4, 0.5) is 0 Å². The molecule has 1 N–H and O–H groups in total. The summed E-state index contributed by atoms with van der Waals surface area (Å²) in [4.78, 5) is 12.7. The second kappa shape index (κ2) is 10.4. The first-order chi connectivity index (χ1) is 15.5. The average molecular weight is 469 g/mol. The first-order valence-corrected chi connectivity index (χ1v) is 11.6. The molecule has 3 aromatic rings. The molecule has 3 aromatic carbocycles. The van der Waals surface area contributed by atoms with Gasteiger partial charge in [-0.2, -0.15) is 0 Å². The Morgan fingerprint density at radius 1 is 0.969 bits per heavy atom. The summed E-state index contributed by atoms with van der Waals surface area (Å²) in [5.74, 6) is 0.598. The maximum absolute atomic E-state index is 12.7. The van der Waals surface area contributed by atoms with Crippen LogP contribution in [0.3, 0.4) is 0 Å². The Morgan fingerprint density at radius 3 is 2.38 bits per heavy atom. The lowest BCUT2D eigenvalue weighted by Gasteiger charge is -2.27. The summed E-state index contributed by atoms with van der Waals surface area (Å²) in [6, 6.07) is 20.7. The van der Waals surface area contributed by atoms with E-state index in [1.165, 1.54) is 6.42 Å². The highest BCUT2D eigenvalue weighted by Gasteiger charge is 2.21. The predicted octanol–water partition coefficient (Wildman–Crippen LogP) is 6.60. The highest BCUT2D eigenvalue weighted by atomic mass is 35.5. The van der Waals surface area contributed by atoms with E-state index in [4.69, 9.17) is 27.9 Å². The van der Waals surface area contributed by atoms with Gasteiger partial charge in [-0.05, 0) is 67.3 Å². The molecule has 4 nitrogen and oxygen atoms in total. The molecule has 6 heteroatoms. The molecular weight excluding hydrogens is 443 g/mol. The Hall–Kier alpha value is -2.53. The lowest BCUT2D eigenvalue weighted by atomic mass is 10.0. The van der Waals surface area contributed by atoms with E-state index in [9.17, 15) is 4.79 Å². The zero-order valence-corrected chi connectivity index (χ0v) is 19.5. The molecule has 1 amide bonds. The predicted molar refractivity (Wildman–Crippen MR) is 129 cm³/mol. The van der Waals surface area contributed by atoms with Gasteiger partial charge in [-0.15, -0.1) is 0 Å². The number of benzene rings is 3. The van der Waals surface area contributed by atoms with Crippen molar-refractivity contribution in [2.45, 2.75) is 32.3 Å². The van der Waals surface area contributed by atoms with Gasteiger partial charge in [0.25, 0.3) is 5.91 Å². The van der Waals surface area contributed by atoms with E-state index in [2.05, 4.69) is 5.43 Å². The highest BCUT2D eigenvalue weighted by Crippen LogP contribution is 2.34. The Kier molecular flexibility index (Phi) is 7.36. The first-order valence-electron chi connectivity index (χ1n) is 10.8. The monoisotopic (exact) mass is 468 g/mol. The molecular formula is C26H26Cl2N2O2. The van der Waals surface area contributed by atoms with Crippen molar-refractivity contribution in [3.63, 3.8) is 0 Å². The zero-order chi connectivity index (χ0) is 22.5. The lowest BCUT2D eigenvalue weighted by Crippen LogP contribution is -2.45. The molecule has 0 saturated carbocycles. The number of carbonyl (C=O) groups excluding carboxylic acids is 1. The summed E-state index contributed by atoms with van der Waals surface area (Å²) in [6.45, 7) is 3.73. The summed E-state index contributed by atoms with van der Waals surface area (Å²) >= 11 is 12.6. The molecule has 0 aliphatic carbocycles. The molecule has 1 fully saturated rings. The maximum Gasteiger partial charge on any atom is 0.265 e. The van der Waals surface area contributed by atoms with Gasteiger partial charge in [0.2, 0.25) is 0 Å². The third-order valence-electron chi connectivity index (χ3n) is 5.66. The van der Waals surface area contributed by atoms with Crippen LogP contribution in [0.5, 0.6) is 5.75 Å². The average Bonchev–Trinajstić information content (AvgIpc) is 2.80. The van der Waals surface area contributed by atoms with Crippen LogP contribution in [0.2, 0.25) is 10.0 Å². The van der Waals surface area contributed by atoms with E-state index in [1.54, 1.807) is 6.07 Å². The topological polar surface area (TPSA) is 41.6 Å². The molecule has 166 valence electrons. The van der Waals surface area contributed by atoms with E-state index in [-0.39, 0.29) is 5.91 Å². The summed E-state index contributed by atoms with van der Waals surface area (Å²) in [7, 11) is 0. The van der Waals surface area contributed by atoms with Crippen LogP contribution in [-0.2, 0) is 0 Å². The number of ether oxygens (including phenoxy) is 1. The van der Waals surface area contributed by atoms with Gasteiger partial charge in [-0.1, -0.05) is 60.0 Å². The smallest absolute Gasteiger partial charge is 0.265 e. The SMILES string of the molecule is Cc1cc(C(=O)NN2CCCCC2)ccc1OC(c1ccc(Cl)cc1)c1ccccc1Cl. The molecule has 1 saturated heterocycles. The van der Waals surface area contributed by atoms with E-state index in [0.29, 0.717) is 21.4 Å². The minimum atomic E-state index is -0.410. The van der Waals surface area contributed by atoms with Gasteiger partial charge in [0.1, 0.15) is 5.75 Å². The number of nitrogens with zero attached hydrogens (tertiary/aromatic N) is 1. The fraction of sp³-hybridized carbons (Fsp3) is 0.269. The summed E-state index contributed by atoms with van der Waals surface area (Å²) < 4.78 is 6.45. The quantitative estimate of drug-likeness (QED) is 0.442. The molecule has 1 unspecified atom stereocenters. The zero-order valence-electron chi connectivity index (χ0n) is 18.0. The van der Waals surface area contributed by atoms with Gasteiger partial charge in [0.05, 0.1) is 0 Å². The molecule has 0 spiro atoms. The number of carbonyl (C=O) groups is 1. The van der Waals surface area contributed by atoms with Crippen LogP contribution < -0.4 is 10.2 Å². The van der Waals surface area contributed by atoms with Crippen LogP contribution >= 0.6 is 23.2 Å². The van der Waals surface area contributed by atoms with E-state index < -0.39 is 6.10 Å². The number of amides is 1. The van der Waals surface area contributed by atoms with Gasteiger partial charge in [-0.3, -0.25) is 10.2 Å². The second-order valence-corrected chi connectivity index (χ2v) is 8.88. The molecule has 1 heterocycles. The fourth-order valence-electron chi connectivity index (χ4n) is 3.90. The van der Waals surface area contributed by atoms with E-state index in [1.807, 2.05) is 72.6 Å². The number of aryl methyl sites for hydroxylation is 1. The Labute approximate surface area is 199 Å². The van der Waals surface area contributed by atoms with Crippen molar-refractivity contribution in [2.75, 3.05) is 13.1 Å². The van der Waals surface area contributed by atoms with Crippen LogP contribution in [0.15, 0.2) is 66.7 Å². The third kappa shape index (κ3) is 5.44. The largest absolute Gasteiger partial charge is 0.481 e. The van der Waals surface area contributed by atoms with Crippen LogP contribution in [0.1, 0.15) is 52.4 Å². The van der Waals surface area contributed by atoms with Crippen LogP contribution in [0, 0.1) is 6.92 Å². The second-order valence-electron chi connectivity index (χ2n) is 8.04. The fourth-order valence-corrected chi connectivity index (χ4v) is 4.26. The lowest BCUT2D eigenvalue weighted by molar-refractivity contribution is 0.0750. The normalized spacial score (nSPS) is 15.2. The van der Waals surface area contributed by atoms with E-state index in [0.717, 1.165) is 42.6 Å². The van der Waals surface area contributed by atoms with Crippen LogP contribution in [0.25, 0.3) is 0 Å².